The zero-order valence-corrected chi connectivity index (χ0v) is 20.2. The Bertz CT molecular complexity index is 764. The molecule has 174 valence electrons. The molecule has 1 N–H and O–H groups in total. The monoisotopic (exact) mass is 430 g/mol. The Hall–Kier alpha value is -1.03. The number of fused-ring (bicyclic) bond motifs is 5. The number of ketones is 3. The summed E-state index contributed by atoms with van der Waals surface area (Å²) in [5.74, 6) is 2.20. The average Bonchev–Trinajstić information content (AvgIpc) is 3.01. The fraction of sp³-hybridized carbons (Fsp3) is 0.889. The third-order valence-electron chi connectivity index (χ3n) is 10.4. The third-order valence-corrected chi connectivity index (χ3v) is 10.4. The molecule has 4 rings (SSSR count). The largest absolute Gasteiger partial charge is 0.390 e. The van der Waals surface area contributed by atoms with E-state index in [1.807, 2.05) is 13.8 Å². The van der Waals surface area contributed by atoms with Crippen LogP contribution in [0.25, 0.3) is 0 Å². The number of hydrogen-bond acceptors (Lipinski definition) is 4. The molecular formula is C27H42O4. The van der Waals surface area contributed by atoms with Gasteiger partial charge in [-0.2, -0.15) is 0 Å². The summed E-state index contributed by atoms with van der Waals surface area (Å²) < 4.78 is 0. The van der Waals surface area contributed by atoms with E-state index in [0.29, 0.717) is 54.9 Å². The molecule has 0 heterocycles. The summed E-state index contributed by atoms with van der Waals surface area (Å²) in [6.07, 6.45) is 7.83. The normalized spacial score (nSPS) is 43.9. The van der Waals surface area contributed by atoms with Gasteiger partial charge in [0, 0.05) is 37.0 Å². The zero-order valence-electron chi connectivity index (χ0n) is 20.2. The zero-order chi connectivity index (χ0) is 22.8. The number of aliphatic hydroxyl groups is 1. The third kappa shape index (κ3) is 3.75. The van der Waals surface area contributed by atoms with Gasteiger partial charge >= 0.3 is 0 Å². The van der Waals surface area contributed by atoms with Crippen molar-refractivity contribution in [1.82, 2.24) is 0 Å². The first-order valence-electron chi connectivity index (χ1n) is 12.7. The van der Waals surface area contributed by atoms with Gasteiger partial charge in [0.05, 0.1) is 5.60 Å². The van der Waals surface area contributed by atoms with Crippen LogP contribution in [-0.2, 0) is 14.4 Å². The molecule has 0 aromatic heterocycles. The molecule has 4 heteroatoms. The molecule has 0 saturated heterocycles. The van der Waals surface area contributed by atoms with Gasteiger partial charge in [-0.3, -0.25) is 14.4 Å². The quantitative estimate of drug-likeness (QED) is 0.655. The maximum absolute atomic E-state index is 13.8. The summed E-state index contributed by atoms with van der Waals surface area (Å²) >= 11 is 0. The van der Waals surface area contributed by atoms with Gasteiger partial charge in [-0.25, -0.2) is 0 Å². The van der Waals surface area contributed by atoms with Gasteiger partial charge in [0.2, 0.25) is 0 Å². The Morgan fingerprint density at radius 2 is 1.77 bits per heavy atom. The second-order valence-corrected chi connectivity index (χ2v) is 12.6. The minimum absolute atomic E-state index is 0.00530. The van der Waals surface area contributed by atoms with Crippen LogP contribution >= 0.6 is 0 Å². The minimum Gasteiger partial charge on any atom is -0.390 e. The molecule has 0 aromatic rings. The lowest BCUT2D eigenvalue weighted by Crippen LogP contribution is -2.60. The summed E-state index contributed by atoms with van der Waals surface area (Å²) in [6, 6.07) is 0. The first-order chi connectivity index (χ1) is 14.4. The van der Waals surface area contributed by atoms with E-state index in [1.165, 1.54) is 0 Å². The standard InChI is InChI=1S/C27H42O4/c1-16(7-6-11-25(2,3)31)19-8-9-20-24-21(15-23(30)27(19,20)5)26(4)12-10-18(28)13-17(26)14-22(24)29/h16-17,19-21,24,31H,6-15H2,1-5H3/t16-,17?,19-,20+,21+,24+,26+,27-/m1/s1. The Kier molecular flexibility index (Phi) is 5.81. The first-order valence-corrected chi connectivity index (χ1v) is 12.7. The van der Waals surface area contributed by atoms with Crippen LogP contribution < -0.4 is 0 Å². The highest BCUT2D eigenvalue weighted by molar-refractivity contribution is 5.93. The smallest absolute Gasteiger partial charge is 0.139 e. The molecule has 4 aliphatic carbocycles. The van der Waals surface area contributed by atoms with E-state index in [-0.39, 0.29) is 29.1 Å². The van der Waals surface area contributed by atoms with E-state index >= 15 is 0 Å². The van der Waals surface area contributed by atoms with Crippen molar-refractivity contribution in [3.8, 4) is 0 Å². The molecule has 0 bridgehead atoms. The highest BCUT2D eigenvalue weighted by Crippen LogP contribution is 2.66. The molecule has 0 radical (unpaired) electrons. The second kappa shape index (κ2) is 7.78. The molecule has 0 spiro atoms. The van der Waals surface area contributed by atoms with Crippen LogP contribution in [-0.4, -0.2) is 28.1 Å². The molecule has 1 unspecified atom stereocenters. The van der Waals surface area contributed by atoms with E-state index in [0.717, 1.165) is 38.5 Å². The Morgan fingerprint density at radius 3 is 2.45 bits per heavy atom. The maximum atomic E-state index is 13.8. The van der Waals surface area contributed by atoms with Crippen molar-refractivity contribution >= 4 is 17.3 Å². The predicted molar refractivity (Wildman–Crippen MR) is 120 cm³/mol. The molecule has 8 atom stereocenters. The van der Waals surface area contributed by atoms with Crippen molar-refractivity contribution in [2.45, 2.75) is 104 Å². The van der Waals surface area contributed by atoms with Gasteiger partial charge in [-0.1, -0.05) is 33.6 Å². The van der Waals surface area contributed by atoms with Crippen molar-refractivity contribution in [2.75, 3.05) is 0 Å². The summed E-state index contributed by atoms with van der Waals surface area (Å²) in [5, 5.41) is 10.1. The molecule has 31 heavy (non-hydrogen) atoms. The van der Waals surface area contributed by atoms with E-state index in [9.17, 15) is 19.5 Å². The van der Waals surface area contributed by atoms with Crippen molar-refractivity contribution in [3.63, 3.8) is 0 Å². The highest BCUT2D eigenvalue weighted by Gasteiger charge is 2.66. The Morgan fingerprint density at radius 1 is 1.06 bits per heavy atom. The summed E-state index contributed by atoms with van der Waals surface area (Å²) in [7, 11) is 0. The minimum atomic E-state index is -0.641. The number of Topliss-reactive ketones (excluding diaryl/α,β-unsaturated/α-hetero) is 3. The molecular weight excluding hydrogens is 388 g/mol. The van der Waals surface area contributed by atoms with E-state index in [2.05, 4.69) is 20.8 Å². The SMILES string of the molecule is C[C@H](CCCC(C)(C)O)[C@H]1CC[C@H]2[C@@H]3C(=O)CC4CC(=O)CC[C@]4(C)[C@H]3CC(=O)[C@]12C. The molecule has 4 saturated carbocycles. The van der Waals surface area contributed by atoms with Gasteiger partial charge in [-0.15, -0.1) is 0 Å². The van der Waals surface area contributed by atoms with Crippen LogP contribution in [0, 0.1) is 46.3 Å². The molecule has 4 fully saturated rings. The average molecular weight is 431 g/mol. The summed E-state index contributed by atoms with van der Waals surface area (Å²) in [4.78, 5) is 39.3. The number of carbonyl (C=O) groups is 3. The highest BCUT2D eigenvalue weighted by atomic mass is 16.3. The van der Waals surface area contributed by atoms with E-state index in [4.69, 9.17) is 0 Å². The number of rotatable bonds is 5. The van der Waals surface area contributed by atoms with Crippen LogP contribution in [0.4, 0.5) is 0 Å². The van der Waals surface area contributed by atoms with Crippen LogP contribution in [0.15, 0.2) is 0 Å². The molecule has 4 aliphatic rings. The van der Waals surface area contributed by atoms with Crippen LogP contribution in [0.2, 0.25) is 0 Å². The van der Waals surface area contributed by atoms with Gasteiger partial charge < -0.3 is 5.11 Å². The van der Waals surface area contributed by atoms with Gasteiger partial charge in [0.1, 0.15) is 17.3 Å². The molecule has 4 nitrogen and oxygen atoms in total. The lowest BCUT2D eigenvalue weighted by Gasteiger charge is -2.58. The molecule has 0 aromatic carbocycles. The van der Waals surface area contributed by atoms with Gasteiger partial charge in [0.25, 0.3) is 0 Å². The number of hydrogen-bond donors (Lipinski definition) is 1. The fourth-order valence-corrected chi connectivity index (χ4v) is 8.45. The van der Waals surface area contributed by atoms with Crippen molar-refractivity contribution in [1.29, 1.82) is 0 Å². The molecule has 0 amide bonds. The summed E-state index contributed by atoms with van der Waals surface area (Å²) in [5.41, 5.74) is -1.07. The van der Waals surface area contributed by atoms with Crippen LogP contribution in [0.3, 0.4) is 0 Å². The topological polar surface area (TPSA) is 71.4 Å². The predicted octanol–water partition coefficient (Wildman–Crippen LogP) is 5.15. The maximum Gasteiger partial charge on any atom is 0.139 e. The van der Waals surface area contributed by atoms with Gasteiger partial charge in [0.15, 0.2) is 0 Å². The fourth-order valence-electron chi connectivity index (χ4n) is 8.45. The van der Waals surface area contributed by atoms with Crippen molar-refractivity contribution in [2.24, 2.45) is 46.3 Å². The second-order valence-electron chi connectivity index (χ2n) is 12.6. The lowest BCUT2D eigenvalue weighted by molar-refractivity contribution is -0.166. The summed E-state index contributed by atoms with van der Waals surface area (Å²) in [6.45, 7) is 10.4. The molecule has 0 aliphatic heterocycles. The van der Waals surface area contributed by atoms with E-state index < -0.39 is 11.0 Å². The van der Waals surface area contributed by atoms with Crippen LogP contribution in [0.1, 0.15) is 98.8 Å². The number of carbonyl (C=O) groups excluding carboxylic acids is 3. The van der Waals surface area contributed by atoms with Crippen LogP contribution in [0.5, 0.6) is 0 Å². The van der Waals surface area contributed by atoms with E-state index in [1.54, 1.807) is 0 Å². The van der Waals surface area contributed by atoms with Gasteiger partial charge in [-0.05, 0) is 74.5 Å². The first kappa shape index (κ1) is 23.1. The lowest BCUT2D eigenvalue weighted by atomic mass is 9.44. The van der Waals surface area contributed by atoms with Crippen molar-refractivity contribution < 1.29 is 19.5 Å². The Balaban J connectivity index is 1.56. The van der Waals surface area contributed by atoms with Crippen molar-refractivity contribution in [3.05, 3.63) is 0 Å². The Labute approximate surface area is 187 Å².